The second-order valence-corrected chi connectivity index (χ2v) is 7.06. The number of nitrogens with two attached hydrogens (primary N) is 1. The normalized spacial score (nSPS) is 20.0. The average molecular weight is 310 g/mol. The minimum absolute atomic E-state index is 0.0219. The Bertz CT molecular complexity index is 380. The maximum absolute atomic E-state index is 12.3. The molecule has 0 spiro atoms. The van der Waals surface area contributed by atoms with Crippen molar-refractivity contribution in [3.05, 3.63) is 0 Å². The molecule has 1 fully saturated rings. The lowest BCUT2D eigenvalue weighted by Crippen LogP contribution is -2.40. The second-order valence-electron chi connectivity index (χ2n) is 4.52. The van der Waals surface area contributed by atoms with Crippen molar-refractivity contribution in [2.45, 2.75) is 25.4 Å². The highest BCUT2D eigenvalue weighted by Gasteiger charge is 2.28. The summed E-state index contributed by atoms with van der Waals surface area (Å²) < 4.78 is 36.3. The maximum Gasteiger partial charge on any atom is 0.216 e. The molecule has 0 radical (unpaired) electrons. The Morgan fingerprint density at radius 1 is 1.53 bits per heavy atom. The standard InChI is InChI=1S/C11H22N2O4S2/c1-16-8-6-13(5-4-11(12)18)19(14,15)9-10-3-2-7-17-10/h10H,2-9H2,1H3,(H2,12,18). The van der Waals surface area contributed by atoms with Crippen LogP contribution in [0.2, 0.25) is 0 Å². The largest absolute Gasteiger partial charge is 0.393 e. The van der Waals surface area contributed by atoms with Crippen LogP contribution in [0.3, 0.4) is 0 Å². The van der Waals surface area contributed by atoms with Gasteiger partial charge in [0.2, 0.25) is 10.0 Å². The van der Waals surface area contributed by atoms with Crippen molar-refractivity contribution >= 4 is 27.2 Å². The zero-order chi connectivity index (χ0) is 14.3. The number of methoxy groups -OCH3 is 1. The van der Waals surface area contributed by atoms with Crippen LogP contribution in [0.25, 0.3) is 0 Å². The number of rotatable bonds is 9. The number of hydrogen-bond acceptors (Lipinski definition) is 5. The molecule has 1 aliphatic rings. The summed E-state index contributed by atoms with van der Waals surface area (Å²) in [5.41, 5.74) is 5.43. The average Bonchev–Trinajstić information content (AvgIpc) is 2.80. The zero-order valence-electron chi connectivity index (χ0n) is 11.2. The predicted molar refractivity (Wildman–Crippen MR) is 77.6 cm³/mol. The Kier molecular flexibility index (Phi) is 7.16. The van der Waals surface area contributed by atoms with Gasteiger partial charge in [-0.3, -0.25) is 0 Å². The van der Waals surface area contributed by atoms with Gasteiger partial charge in [0, 0.05) is 33.2 Å². The van der Waals surface area contributed by atoms with Crippen LogP contribution in [0.5, 0.6) is 0 Å². The quantitative estimate of drug-likeness (QED) is 0.609. The summed E-state index contributed by atoms with van der Waals surface area (Å²) in [5, 5.41) is 0. The molecule has 8 heteroatoms. The van der Waals surface area contributed by atoms with Crippen LogP contribution in [0, 0.1) is 0 Å². The first-order valence-electron chi connectivity index (χ1n) is 6.32. The smallest absolute Gasteiger partial charge is 0.216 e. The summed E-state index contributed by atoms with van der Waals surface area (Å²) in [4.78, 5) is 0.315. The molecule has 0 aliphatic carbocycles. The fourth-order valence-corrected chi connectivity index (χ4v) is 3.69. The third-order valence-corrected chi connectivity index (χ3v) is 5.12. The summed E-state index contributed by atoms with van der Waals surface area (Å²) in [5.74, 6) is 0.0219. The van der Waals surface area contributed by atoms with Crippen molar-refractivity contribution in [3.8, 4) is 0 Å². The van der Waals surface area contributed by atoms with E-state index in [2.05, 4.69) is 0 Å². The van der Waals surface area contributed by atoms with Gasteiger partial charge < -0.3 is 15.2 Å². The monoisotopic (exact) mass is 310 g/mol. The summed E-state index contributed by atoms with van der Waals surface area (Å²) in [6.45, 7) is 1.61. The molecule has 1 saturated heterocycles. The zero-order valence-corrected chi connectivity index (χ0v) is 12.8. The molecule has 0 saturated carbocycles. The molecule has 6 nitrogen and oxygen atoms in total. The second kappa shape index (κ2) is 8.11. The van der Waals surface area contributed by atoms with Gasteiger partial charge in [-0.2, -0.15) is 4.31 Å². The first-order valence-corrected chi connectivity index (χ1v) is 8.34. The van der Waals surface area contributed by atoms with E-state index in [0.29, 0.717) is 37.7 Å². The number of hydrogen-bond donors (Lipinski definition) is 1. The van der Waals surface area contributed by atoms with Crippen LogP contribution in [-0.4, -0.2) is 63.0 Å². The minimum Gasteiger partial charge on any atom is -0.393 e. The number of thiocarbonyl (C=S) groups is 1. The van der Waals surface area contributed by atoms with Crippen LogP contribution in [0.4, 0.5) is 0 Å². The van der Waals surface area contributed by atoms with E-state index >= 15 is 0 Å². The molecule has 1 atom stereocenters. The molecule has 0 aromatic heterocycles. The Morgan fingerprint density at radius 2 is 2.26 bits per heavy atom. The van der Waals surface area contributed by atoms with Crippen molar-refractivity contribution in [3.63, 3.8) is 0 Å². The third-order valence-electron chi connectivity index (χ3n) is 2.97. The van der Waals surface area contributed by atoms with E-state index in [9.17, 15) is 8.42 Å². The van der Waals surface area contributed by atoms with E-state index in [1.165, 1.54) is 4.31 Å². The lowest BCUT2D eigenvalue weighted by Gasteiger charge is -2.23. The molecular formula is C11H22N2O4S2. The van der Waals surface area contributed by atoms with E-state index < -0.39 is 10.0 Å². The van der Waals surface area contributed by atoms with Crippen molar-refractivity contribution in [2.24, 2.45) is 5.73 Å². The van der Waals surface area contributed by atoms with E-state index in [1.54, 1.807) is 7.11 Å². The molecule has 1 aliphatic heterocycles. The molecule has 1 unspecified atom stereocenters. The first kappa shape index (κ1) is 16.8. The summed E-state index contributed by atoms with van der Waals surface area (Å²) in [6, 6.07) is 0. The van der Waals surface area contributed by atoms with Crippen molar-refractivity contribution in [2.75, 3.05) is 39.2 Å². The number of nitrogens with zero attached hydrogens (tertiary/aromatic N) is 1. The maximum atomic E-state index is 12.3. The van der Waals surface area contributed by atoms with Crippen LogP contribution >= 0.6 is 12.2 Å². The van der Waals surface area contributed by atoms with Crippen LogP contribution < -0.4 is 5.73 Å². The molecule has 0 aromatic rings. The van der Waals surface area contributed by atoms with Crippen LogP contribution in [0.1, 0.15) is 19.3 Å². The van der Waals surface area contributed by atoms with E-state index in [-0.39, 0.29) is 11.9 Å². The van der Waals surface area contributed by atoms with Crippen molar-refractivity contribution < 1.29 is 17.9 Å². The number of sulfonamides is 1. The molecule has 112 valence electrons. The fraction of sp³-hybridized carbons (Fsp3) is 0.909. The molecule has 1 rings (SSSR count). The van der Waals surface area contributed by atoms with Crippen LogP contribution in [0.15, 0.2) is 0 Å². The molecule has 0 aromatic carbocycles. The van der Waals surface area contributed by atoms with Gasteiger partial charge in [-0.1, -0.05) is 12.2 Å². The van der Waals surface area contributed by atoms with Crippen LogP contribution in [-0.2, 0) is 19.5 Å². The molecule has 0 amide bonds. The first-order chi connectivity index (χ1) is 8.95. The van der Waals surface area contributed by atoms with Gasteiger partial charge in [0.25, 0.3) is 0 Å². The van der Waals surface area contributed by atoms with Gasteiger partial charge in [0.15, 0.2) is 0 Å². The SMILES string of the molecule is COCCN(CCC(N)=S)S(=O)(=O)CC1CCCO1. The Balaban J connectivity index is 2.60. The Labute approximate surface area is 120 Å². The molecule has 0 bridgehead atoms. The van der Waals surface area contributed by atoms with Crippen molar-refractivity contribution in [1.82, 2.24) is 4.31 Å². The van der Waals surface area contributed by atoms with Gasteiger partial charge in [-0.15, -0.1) is 0 Å². The Hall–Kier alpha value is -0.280. The van der Waals surface area contributed by atoms with E-state index in [1.807, 2.05) is 0 Å². The molecule has 19 heavy (non-hydrogen) atoms. The topological polar surface area (TPSA) is 81.9 Å². The third kappa shape index (κ3) is 6.13. The summed E-state index contributed by atoms with van der Waals surface area (Å²) in [6.07, 6.45) is 1.90. The highest BCUT2D eigenvalue weighted by molar-refractivity contribution is 7.89. The van der Waals surface area contributed by atoms with Gasteiger partial charge in [0.1, 0.15) is 0 Å². The molecule has 1 heterocycles. The summed E-state index contributed by atoms with van der Waals surface area (Å²) >= 11 is 4.79. The lowest BCUT2D eigenvalue weighted by atomic mass is 10.3. The number of ether oxygens (including phenoxy) is 2. The van der Waals surface area contributed by atoms with Crippen molar-refractivity contribution in [1.29, 1.82) is 0 Å². The van der Waals surface area contributed by atoms with Gasteiger partial charge in [-0.05, 0) is 12.8 Å². The highest BCUT2D eigenvalue weighted by Crippen LogP contribution is 2.16. The highest BCUT2D eigenvalue weighted by atomic mass is 32.2. The van der Waals surface area contributed by atoms with Gasteiger partial charge in [-0.25, -0.2) is 8.42 Å². The predicted octanol–water partition coefficient (Wildman–Crippen LogP) is 0.120. The van der Waals surface area contributed by atoms with Gasteiger partial charge in [0.05, 0.1) is 23.5 Å². The van der Waals surface area contributed by atoms with Gasteiger partial charge >= 0.3 is 0 Å². The Morgan fingerprint density at radius 3 is 2.79 bits per heavy atom. The lowest BCUT2D eigenvalue weighted by molar-refractivity contribution is 0.125. The summed E-state index contributed by atoms with van der Waals surface area (Å²) in [7, 11) is -1.82. The minimum atomic E-state index is -3.36. The molecule has 2 N–H and O–H groups in total. The fourth-order valence-electron chi connectivity index (χ4n) is 1.93. The molecular weight excluding hydrogens is 288 g/mol. The van der Waals surface area contributed by atoms with E-state index in [0.717, 1.165) is 12.8 Å². The van der Waals surface area contributed by atoms with E-state index in [4.69, 9.17) is 27.4 Å².